The van der Waals surface area contributed by atoms with Crippen molar-refractivity contribution in [3.63, 3.8) is 0 Å². The Kier molecular flexibility index (Phi) is 7.10. The van der Waals surface area contributed by atoms with Gasteiger partial charge in [0, 0.05) is 5.69 Å². The van der Waals surface area contributed by atoms with Crippen LogP contribution in [0.25, 0.3) is 0 Å². The van der Waals surface area contributed by atoms with E-state index < -0.39 is 23.2 Å². The molecule has 0 saturated carbocycles. The van der Waals surface area contributed by atoms with E-state index >= 15 is 0 Å². The Labute approximate surface area is 172 Å². The fraction of sp³-hybridized carbons (Fsp3) is 0.350. The number of anilines is 1. The zero-order valence-corrected chi connectivity index (χ0v) is 18.0. The highest BCUT2D eigenvalue weighted by molar-refractivity contribution is 7.90. The molecular weight excluding hydrogens is 391 g/mol. The maximum Gasteiger partial charge on any atom is 0.488 e. The molecule has 2 amide bonds. The highest BCUT2D eigenvalue weighted by Crippen LogP contribution is 2.32. The first-order valence-electron chi connectivity index (χ1n) is 9.37. The predicted molar refractivity (Wildman–Crippen MR) is 115 cm³/mol. The number of rotatable bonds is 6. The van der Waals surface area contributed by atoms with Crippen molar-refractivity contribution in [3.8, 4) is 0 Å². The minimum atomic E-state index is -4.20. The normalized spacial score (nSPS) is 11.6. The van der Waals surface area contributed by atoms with Gasteiger partial charge in [-0.05, 0) is 47.5 Å². The molecule has 4 N–H and O–H groups in total. The van der Waals surface area contributed by atoms with Gasteiger partial charge in [-0.25, -0.2) is 17.9 Å². The van der Waals surface area contributed by atoms with Crippen LogP contribution in [0.5, 0.6) is 0 Å². The Hall–Kier alpha value is -2.36. The Morgan fingerprint density at radius 3 is 2.03 bits per heavy atom. The van der Waals surface area contributed by atoms with Gasteiger partial charge in [0.05, 0.1) is 4.90 Å². The van der Waals surface area contributed by atoms with E-state index in [1.54, 1.807) is 6.92 Å². The Bertz CT molecular complexity index is 978. The highest BCUT2D eigenvalue weighted by atomic mass is 32.2. The van der Waals surface area contributed by atoms with Crippen molar-refractivity contribution in [2.45, 2.75) is 51.3 Å². The minimum Gasteiger partial charge on any atom is -0.423 e. The van der Waals surface area contributed by atoms with Crippen LogP contribution in [0.3, 0.4) is 0 Å². The van der Waals surface area contributed by atoms with E-state index in [1.807, 2.05) is 50.6 Å². The number of aryl methyl sites for hydroxylation is 1. The van der Waals surface area contributed by atoms with Crippen molar-refractivity contribution in [1.82, 2.24) is 4.72 Å². The zero-order chi connectivity index (χ0) is 21.9. The maximum absolute atomic E-state index is 12.6. The SMILES string of the molecule is Cc1ccc(S(=O)(=O)NC(=O)Nc2c(C(C)C)cccc2C(C)C)cc1B(O)O. The molecule has 0 heterocycles. The first-order valence-corrected chi connectivity index (χ1v) is 10.9. The number of amides is 2. The molecule has 0 fully saturated rings. The molecule has 0 radical (unpaired) electrons. The van der Waals surface area contributed by atoms with Crippen LogP contribution in [0.4, 0.5) is 10.5 Å². The van der Waals surface area contributed by atoms with Crippen LogP contribution in [0.2, 0.25) is 0 Å². The van der Waals surface area contributed by atoms with E-state index in [-0.39, 0.29) is 22.2 Å². The summed E-state index contributed by atoms with van der Waals surface area (Å²) in [7, 11) is -6.02. The zero-order valence-electron chi connectivity index (χ0n) is 17.2. The van der Waals surface area contributed by atoms with Crippen LogP contribution in [0.15, 0.2) is 41.3 Å². The van der Waals surface area contributed by atoms with Crippen LogP contribution < -0.4 is 15.5 Å². The van der Waals surface area contributed by atoms with Gasteiger partial charge in [-0.1, -0.05) is 57.5 Å². The van der Waals surface area contributed by atoms with Crippen LogP contribution in [-0.2, 0) is 10.0 Å². The summed E-state index contributed by atoms with van der Waals surface area (Å²) in [6.45, 7) is 9.60. The molecule has 0 bridgehead atoms. The Balaban J connectivity index is 2.33. The lowest BCUT2D eigenvalue weighted by Crippen LogP contribution is -2.37. The third-order valence-electron chi connectivity index (χ3n) is 4.68. The van der Waals surface area contributed by atoms with E-state index in [0.29, 0.717) is 11.3 Å². The van der Waals surface area contributed by atoms with Crippen molar-refractivity contribution in [3.05, 3.63) is 53.1 Å². The van der Waals surface area contributed by atoms with E-state index in [1.165, 1.54) is 12.1 Å². The largest absolute Gasteiger partial charge is 0.488 e. The number of benzene rings is 2. The predicted octanol–water partition coefficient (Wildman–Crippen LogP) is 2.43. The van der Waals surface area contributed by atoms with Gasteiger partial charge in [-0.3, -0.25) is 0 Å². The van der Waals surface area contributed by atoms with Gasteiger partial charge in [-0.2, -0.15) is 0 Å². The van der Waals surface area contributed by atoms with Gasteiger partial charge in [0.2, 0.25) is 0 Å². The summed E-state index contributed by atoms with van der Waals surface area (Å²) in [6.07, 6.45) is 0. The van der Waals surface area contributed by atoms with Gasteiger partial charge >= 0.3 is 13.1 Å². The van der Waals surface area contributed by atoms with E-state index in [0.717, 1.165) is 17.2 Å². The summed E-state index contributed by atoms with van der Waals surface area (Å²) in [6, 6.07) is 8.72. The molecule has 7 nitrogen and oxygen atoms in total. The molecule has 0 aromatic heterocycles. The number of carbonyl (C=O) groups excluding carboxylic acids is 1. The van der Waals surface area contributed by atoms with Crippen LogP contribution in [-0.4, -0.2) is 31.6 Å². The van der Waals surface area contributed by atoms with Crippen molar-refractivity contribution in [1.29, 1.82) is 0 Å². The Morgan fingerprint density at radius 2 is 1.55 bits per heavy atom. The molecule has 0 aliphatic carbocycles. The Morgan fingerprint density at radius 1 is 1.00 bits per heavy atom. The fourth-order valence-corrected chi connectivity index (χ4v) is 4.02. The molecule has 156 valence electrons. The van der Waals surface area contributed by atoms with Crippen molar-refractivity contribution in [2.75, 3.05) is 5.32 Å². The molecule has 0 saturated heterocycles. The fourth-order valence-electron chi connectivity index (χ4n) is 3.08. The lowest BCUT2D eigenvalue weighted by molar-refractivity contribution is 0.256. The number of urea groups is 1. The number of para-hydroxylation sites is 1. The van der Waals surface area contributed by atoms with Gasteiger partial charge in [0.1, 0.15) is 0 Å². The summed E-state index contributed by atoms with van der Waals surface area (Å²) in [5.74, 6) is 0.262. The number of hydrogen-bond acceptors (Lipinski definition) is 5. The van der Waals surface area contributed by atoms with E-state index in [9.17, 15) is 23.3 Å². The quantitative estimate of drug-likeness (QED) is 0.538. The maximum atomic E-state index is 12.6. The highest BCUT2D eigenvalue weighted by Gasteiger charge is 2.23. The number of nitrogens with one attached hydrogen (secondary N) is 2. The summed E-state index contributed by atoms with van der Waals surface area (Å²) < 4.78 is 27.2. The van der Waals surface area contributed by atoms with Gasteiger partial charge < -0.3 is 15.4 Å². The number of sulfonamides is 1. The van der Waals surface area contributed by atoms with Crippen molar-refractivity contribution >= 4 is 34.3 Å². The van der Waals surface area contributed by atoms with Gasteiger partial charge in [-0.15, -0.1) is 0 Å². The molecule has 0 spiro atoms. The second-order valence-corrected chi connectivity index (χ2v) is 9.25. The second-order valence-electron chi connectivity index (χ2n) is 7.57. The molecule has 0 aliphatic rings. The molecule has 0 unspecified atom stereocenters. The lowest BCUT2D eigenvalue weighted by Gasteiger charge is -2.20. The van der Waals surface area contributed by atoms with E-state index in [2.05, 4.69) is 5.32 Å². The molecule has 29 heavy (non-hydrogen) atoms. The average molecular weight is 418 g/mol. The molecule has 2 aromatic carbocycles. The lowest BCUT2D eigenvalue weighted by atomic mass is 9.77. The van der Waals surface area contributed by atoms with Crippen LogP contribution in [0.1, 0.15) is 56.2 Å². The van der Waals surface area contributed by atoms with Crippen molar-refractivity contribution in [2.24, 2.45) is 0 Å². The number of carbonyl (C=O) groups is 1. The minimum absolute atomic E-state index is 0.0560. The topological polar surface area (TPSA) is 116 Å². The molecule has 0 aliphatic heterocycles. The molecule has 0 atom stereocenters. The third kappa shape index (κ3) is 5.38. The van der Waals surface area contributed by atoms with Crippen LogP contribution >= 0.6 is 0 Å². The first kappa shape index (κ1) is 22.9. The summed E-state index contributed by atoms with van der Waals surface area (Å²) in [5.41, 5.74) is 2.99. The van der Waals surface area contributed by atoms with Crippen LogP contribution in [0, 0.1) is 6.92 Å². The first-order chi connectivity index (χ1) is 13.4. The average Bonchev–Trinajstić information content (AvgIpc) is 2.60. The molecule has 2 aromatic rings. The van der Waals surface area contributed by atoms with Gasteiger partial charge in [0.15, 0.2) is 0 Å². The molecule has 2 rings (SSSR count). The summed E-state index contributed by atoms with van der Waals surface area (Å²) in [5, 5.41) is 21.5. The monoisotopic (exact) mass is 418 g/mol. The smallest absolute Gasteiger partial charge is 0.423 e. The summed E-state index contributed by atoms with van der Waals surface area (Å²) >= 11 is 0. The summed E-state index contributed by atoms with van der Waals surface area (Å²) in [4.78, 5) is 12.3. The van der Waals surface area contributed by atoms with Gasteiger partial charge in [0.25, 0.3) is 10.0 Å². The van der Waals surface area contributed by atoms with Crippen molar-refractivity contribution < 1.29 is 23.3 Å². The second kappa shape index (κ2) is 8.98. The van der Waals surface area contributed by atoms with E-state index in [4.69, 9.17) is 0 Å². The molecular formula is C20H27BN2O5S. The number of hydrogen-bond donors (Lipinski definition) is 4. The standard InChI is InChI=1S/C20H27BN2O5S/c1-12(2)16-7-6-8-17(13(3)4)19(16)22-20(24)23-29(27,28)15-10-9-14(5)18(11-15)21(25)26/h6-13,25-26H,1-5H3,(H2,22,23,24). The third-order valence-corrected chi connectivity index (χ3v) is 6.01. The molecule has 9 heteroatoms.